The summed E-state index contributed by atoms with van der Waals surface area (Å²) >= 11 is 0. The molecule has 0 N–H and O–H groups in total. The van der Waals surface area contributed by atoms with E-state index in [0.29, 0.717) is 184 Å². The predicted octanol–water partition coefficient (Wildman–Crippen LogP) is 35.9. The second-order valence-corrected chi connectivity index (χ2v) is 41.6. The number of hydrogen-bond donors (Lipinski definition) is 0. The molecule has 0 aromatic heterocycles. The number of halogens is 25. The Labute approximate surface area is 785 Å². The topological polar surface area (TPSA) is 46.2 Å². The van der Waals surface area contributed by atoms with Gasteiger partial charge in [0.15, 0.2) is 87.3 Å². The van der Waals surface area contributed by atoms with E-state index >= 15 is 0 Å². The Balaban J connectivity index is 0.000000163. The maximum Gasteiger partial charge on any atom is 0.400 e. The van der Waals surface area contributed by atoms with Gasteiger partial charge in [-0.2, -0.15) is 43.9 Å². The number of benzene rings is 5. The van der Waals surface area contributed by atoms with Crippen LogP contribution < -0.4 is 23.7 Å². The third-order valence-corrected chi connectivity index (χ3v) is 32.7. The van der Waals surface area contributed by atoms with E-state index in [9.17, 15) is 110 Å². The van der Waals surface area contributed by atoms with Crippen LogP contribution in [-0.2, 0) is 0 Å². The molecule has 766 valence electrons. The lowest BCUT2D eigenvalue weighted by Crippen LogP contribution is -2.38. The van der Waals surface area contributed by atoms with Crippen LogP contribution in [0.4, 0.5) is 110 Å². The minimum Gasteiger partial charge on any atom is -0.432 e. The van der Waals surface area contributed by atoms with Crippen molar-refractivity contribution in [3.8, 4) is 28.7 Å². The van der Waals surface area contributed by atoms with Gasteiger partial charge in [-0.1, -0.05) is 137 Å². The summed E-state index contributed by atoms with van der Waals surface area (Å²) in [5.41, 5.74) is 0. The average Bonchev–Trinajstić information content (AvgIpc) is 0.816. The summed E-state index contributed by atoms with van der Waals surface area (Å²) in [5, 5.41) is 0. The van der Waals surface area contributed by atoms with Gasteiger partial charge in [-0.05, 0) is 281 Å². The molecule has 30 heteroatoms. The molecule has 0 bridgehead atoms. The van der Waals surface area contributed by atoms with Crippen molar-refractivity contribution in [2.45, 2.75) is 361 Å². The standard InChI is InChI=1S/C23H31F5O.C22H29F5O.C21H27F5O.2C20H25F5O/c1-2-3-4-15-5-7-16(8-6-15)17-9-11-18(12-10-17)23(27,28)29-19-13-20(24)22(26)21(25)14-19;1-2-3-14-4-6-15(7-5-14)16-8-10-17(11-9-16)22(26,27)28-18-12-19(23)21(25)20(24)13-18;1-2-13-3-5-14(6-4-13)15-7-9-16(10-8-15)21(25,26)27-17-11-18(22)20(24)19(23)12-17;2*1-12-2-4-13(5-3-12)14-6-8-15(9-7-14)20(24,25)26-16-10-17(21)19(23)18(22)11-16/h13-18H,2-12H2,1H3;12-17H,2-11H2,1H3;11-16H,2-10H2,1H3;2*10-15H,2-9H2,1H3. The maximum absolute atomic E-state index is 14.5. The van der Waals surface area contributed by atoms with Crippen LogP contribution in [0.1, 0.15) is 330 Å². The molecule has 0 radical (unpaired) electrons. The van der Waals surface area contributed by atoms with Crippen LogP contribution in [-0.4, -0.2) is 30.5 Å². The smallest absolute Gasteiger partial charge is 0.400 e. The zero-order valence-electron chi connectivity index (χ0n) is 78.8. The SMILES string of the molecule is CC1CCC(C2CCC(C(F)(F)Oc3cc(F)c(F)c(F)c3)CC2)CC1.CC1CCC(C2CCC(C(F)(F)Oc3cc(F)c(F)c(F)c3)CC2)CC1.CCC1CCC(C2CCC(C(F)(F)Oc3cc(F)c(F)c(F)c3)CC2)CC1.CCCC1CCC(C2CCC(C(F)(F)Oc3cc(F)c(F)c(F)c3)CC2)CC1.CCCCC1CCC(C2CCC(C(F)(F)Oc3cc(F)c(F)c(F)c3)CC2)CC1. The molecular formula is C106H137F25O5. The quantitative estimate of drug-likeness (QED) is 0.0408. The van der Waals surface area contributed by atoms with Crippen LogP contribution >= 0.6 is 0 Å². The molecule has 15 rings (SSSR count). The average molecular weight is 1970 g/mol. The molecule has 5 aromatic rings. The summed E-state index contributed by atoms with van der Waals surface area (Å²) in [5.74, 6) is -22.6. The molecule has 10 saturated carbocycles. The summed E-state index contributed by atoms with van der Waals surface area (Å²) in [6.45, 7) is 11.2. The first-order chi connectivity index (χ1) is 64.4. The fourth-order valence-electron chi connectivity index (χ4n) is 24.2. The van der Waals surface area contributed by atoms with E-state index in [0.717, 1.165) is 93.8 Å². The van der Waals surface area contributed by atoms with Crippen LogP contribution in [0.15, 0.2) is 60.7 Å². The van der Waals surface area contributed by atoms with Gasteiger partial charge in [-0.25, -0.2) is 65.9 Å². The molecular weight excluding hydrogens is 1830 g/mol. The number of unbranched alkanes of at least 4 members (excludes halogenated alkanes) is 1. The minimum atomic E-state index is -3.53. The first kappa shape index (κ1) is 110. The summed E-state index contributed by atoms with van der Waals surface area (Å²) in [6, 6.07) is 4.63. The fraction of sp³-hybridized carbons (Fsp3) is 0.717. The van der Waals surface area contributed by atoms with Gasteiger partial charge < -0.3 is 23.7 Å². The first-order valence-corrected chi connectivity index (χ1v) is 50.5. The molecule has 136 heavy (non-hydrogen) atoms. The van der Waals surface area contributed by atoms with Crippen LogP contribution in [0, 0.1) is 206 Å². The molecule has 10 aliphatic rings. The molecule has 0 heterocycles. The Morgan fingerprint density at radius 3 is 0.522 bits per heavy atom. The third kappa shape index (κ3) is 30.7. The van der Waals surface area contributed by atoms with E-state index < -0.39 is 176 Å². The van der Waals surface area contributed by atoms with E-state index in [1.807, 2.05) is 0 Å². The van der Waals surface area contributed by atoms with E-state index in [-0.39, 0.29) is 0 Å². The number of ether oxygens (including phenoxy) is 5. The first-order valence-electron chi connectivity index (χ1n) is 50.5. The van der Waals surface area contributed by atoms with Gasteiger partial charge in [-0.3, -0.25) is 0 Å². The number of rotatable bonds is 26. The number of alkyl halides is 10. The zero-order chi connectivity index (χ0) is 98.7. The van der Waals surface area contributed by atoms with Crippen molar-refractivity contribution in [3.63, 3.8) is 0 Å². The molecule has 0 aliphatic heterocycles. The van der Waals surface area contributed by atoms with Gasteiger partial charge in [-0.15, -0.1) is 0 Å². The fourth-order valence-corrected chi connectivity index (χ4v) is 24.2. The maximum atomic E-state index is 14.5. The molecule has 0 spiro atoms. The van der Waals surface area contributed by atoms with E-state index in [1.54, 1.807) is 0 Å². The summed E-state index contributed by atoms with van der Waals surface area (Å²) in [6.07, 6.45) is 24.8. The minimum absolute atomic E-state index is 0.329. The van der Waals surface area contributed by atoms with Crippen molar-refractivity contribution in [1.29, 1.82) is 0 Å². The van der Waals surface area contributed by atoms with Gasteiger partial charge in [0.05, 0.1) is 29.6 Å². The van der Waals surface area contributed by atoms with Crippen molar-refractivity contribution in [2.24, 2.45) is 118 Å². The van der Waals surface area contributed by atoms with Crippen molar-refractivity contribution in [2.75, 3.05) is 0 Å². The predicted molar refractivity (Wildman–Crippen MR) is 470 cm³/mol. The Bertz CT molecular complexity index is 4250. The van der Waals surface area contributed by atoms with Crippen LogP contribution in [0.25, 0.3) is 0 Å². The molecule has 0 saturated heterocycles. The highest BCUT2D eigenvalue weighted by Gasteiger charge is 2.52. The monoisotopic (exact) mass is 1970 g/mol. The second kappa shape index (κ2) is 49.8. The molecule has 0 unspecified atom stereocenters. The van der Waals surface area contributed by atoms with Gasteiger partial charge in [0.2, 0.25) is 0 Å². The van der Waals surface area contributed by atoms with Crippen molar-refractivity contribution in [1.82, 2.24) is 0 Å². The summed E-state index contributed by atoms with van der Waals surface area (Å²) in [4.78, 5) is 0. The zero-order valence-corrected chi connectivity index (χ0v) is 78.8. The van der Waals surface area contributed by atoms with Gasteiger partial charge in [0.1, 0.15) is 28.7 Å². The molecule has 10 aliphatic carbocycles. The summed E-state index contributed by atoms with van der Waals surface area (Å²) in [7, 11) is 0. The van der Waals surface area contributed by atoms with Crippen LogP contribution in [0.3, 0.4) is 0 Å². The molecule has 0 atom stereocenters. The summed E-state index contributed by atoms with van der Waals surface area (Å²) < 4.78 is 365. The Morgan fingerprint density at radius 1 is 0.206 bits per heavy atom. The number of hydrogen-bond acceptors (Lipinski definition) is 5. The van der Waals surface area contributed by atoms with Gasteiger partial charge >= 0.3 is 30.5 Å². The van der Waals surface area contributed by atoms with E-state index in [4.69, 9.17) is 0 Å². The lowest BCUT2D eigenvalue weighted by atomic mass is 9.68. The largest absolute Gasteiger partial charge is 0.432 e. The highest BCUT2D eigenvalue weighted by Crippen LogP contribution is 2.54. The van der Waals surface area contributed by atoms with Gasteiger partial charge in [0, 0.05) is 60.7 Å². The molecule has 5 aromatic carbocycles. The van der Waals surface area contributed by atoms with Crippen molar-refractivity contribution >= 4 is 0 Å². The highest BCUT2D eigenvalue weighted by molar-refractivity contribution is 5.30. The van der Waals surface area contributed by atoms with E-state index in [2.05, 4.69) is 58.3 Å². The van der Waals surface area contributed by atoms with Gasteiger partial charge in [0.25, 0.3) is 0 Å². The van der Waals surface area contributed by atoms with Crippen LogP contribution in [0.5, 0.6) is 28.7 Å². The Hall–Kier alpha value is -6.65. The highest BCUT2D eigenvalue weighted by atomic mass is 19.3. The normalized spacial score (nSPS) is 29.4. The lowest BCUT2D eigenvalue weighted by molar-refractivity contribution is -0.225. The van der Waals surface area contributed by atoms with E-state index in [1.165, 1.54) is 167 Å². The lowest BCUT2D eigenvalue weighted by Gasteiger charge is -2.39. The van der Waals surface area contributed by atoms with Crippen molar-refractivity contribution < 1.29 is 133 Å². The molecule has 0 amide bonds. The molecule has 5 nitrogen and oxygen atoms in total. The van der Waals surface area contributed by atoms with Crippen LogP contribution in [0.2, 0.25) is 0 Å². The Morgan fingerprint density at radius 2 is 0.360 bits per heavy atom. The third-order valence-electron chi connectivity index (χ3n) is 32.7. The second-order valence-electron chi connectivity index (χ2n) is 41.6. The van der Waals surface area contributed by atoms with Crippen molar-refractivity contribution in [3.05, 3.63) is 148 Å². The molecule has 10 fully saturated rings. The Kier molecular flexibility index (Phi) is 40.2.